The fourth-order valence-corrected chi connectivity index (χ4v) is 5.69. The summed E-state index contributed by atoms with van der Waals surface area (Å²) in [5.74, 6) is 1.04. The summed E-state index contributed by atoms with van der Waals surface area (Å²) < 4.78 is 28.6. The molecule has 2 unspecified atom stereocenters. The van der Waals surface area contributed by atoms with Crippen molar-refractivity contribution in [3.8, 4) is 23.0 Å². The average molecular weight is 583 g/mol. The molecule has 2 bridgehead atoms. The van der Waals surface area contributed by atoms with E-state index < -0.39 is 11.6 Å². The highest BCUT2D eigenvalue weighted by Gasteiger charge is 2.51. The van der Waals surface area contributed by atoms with E-state index in [1.165, 1.54) is 28.4 Å². The second kappa shape index (κ2) is 11.9. The first-order chi connectivity index (χ1) is 16.7. The van der Waals surface area contributed by atoms with E-state index >= 15 is 0 Å². The second-order valence-electron chi connectivity index (χ2n) is 9.86. The summed E-state index contributed by atoms with van der Waals surface area (Å²) in [6.45, 7) is 0. The molecule has 0 spiro atoms. The van der Waals surface area contributed by atoms with Crippen LogP contribution in [0.3, 0.4) is 0 Å². The highest BCUT2D eigenvalue weighted by Crippen LogP contribution is 2.43. The van der Waals surface area contributed by atoms with Crippen molar-refractivity contribution in [2.24, 2.45) is 0 Å². The number of nitrogens with zero attached hydrogens (tertiary/aromatic N) is 1. The summed E-state index contributed by atoms with van der Waals surface area (Å²) in [6.07, 6.45) is 3.56. The first-order valence-corrected chi connectivity index (χ1v) is 11.9. The lowest BCUT2D eigenvalue weighted by molar-refractivity contribution is -0.931. The van der Waals surface area contributed by atoms with Gasteiger partial charge in [0.1, 0.15) is 6.10 Å². The lowest BCUT2D eigenvalue weighted by Gasteiger charge is -2.44. The Kier molecular flexibility index (Phi) is 9.90. The lowest BCUT2D eigenvalue weighted by atomic mass is 9.85. The number of rotatable bonds is 8. The van der Waals surface area contributed by atoms with Crippen molar-refractivity contribution in [2.75, 3.05) is 42.5 Å². The minimum absolute atomic E-state index is 0. The van der Waals surface area contributed by atoms with Crippen molar-refractivity contribution < 1.29 is 55.0 Å². The zero-order chi connectivity index (χ0) is 25.4. The molecular formula is C28H40BrNO7. The number of halogens is 1. The molecule has 2 saturated heterocycles. The molecule has 1 N–H and O–H groups in total. The van der Waals surface area contributed by atoms with Gasteiger partial charge in [-0.15, -0.1) is 0 Å². The summed E-state index contributed by atoms with van der Waals surface area (Å²) in [7, 11) is 10.6. The minimum Gasteiger partial charge on any atom is -1.00 e. The van der Waals surface area contributed by atoms with Gasteiger partial charge in [-0.1, -0.05) is 19.6 Å². The molecule has 8 nitrogen and oxygen atoms in total. The van der Waals surface area contributed by atoms with Gasteiger partial charge in [-0.3, -0.25) is 0 Å². The monoisotopic (exact) mass is 581 g/mol. The molecule has 3 atom stereocenters. The Morgan fingerprint density at radius 1 is 0.811 bits per heavy atom. The van der Waals surface area contributed by atoms with Gasteiger partial charge in [-0.2, -0.15) is 0 Å². The van der Waals surface area contributed by atoms with Crippen molar-refractivity contribution in [1.29, 1.82) is 0 Å². The molecule has 2 heterocycles. The second-order valence-corrected chi connectivity index (χ2v) is 9.86. The van der Waals surface area contributed by atoms with Crippen LogP contribution in [0.1, 0.15) is 44.2 Å². The molecule has 2 aliphatic heterocycles. The quantitative estimate of drug-likeness (QED) is 0.366. The van der Waals surface area contributed by atoms with E-state index in [-0.39, 0.29) is 30.5 Å². The first-order valence-electron chi connectivity index (χ1n) is 11.9. The van der Waals surface area contributed by atoms with Gasteiger partial charge in [0.2, 0.25) is 5.60 Å². The van der Waals surface area contributed by atoms with E-state index in [0.717, 1.165) is 30.2 Å². The van der Waals surface area contributed by atoms with Gasteiger partial charge < -0.3 is 50.3 Å². The number of fused-ring (bicyclic) bond motifs is 2. The average Bonchev–Trinajstić information content (AvgIpc) is 3.02. The highest BCUT2D eigenvalue weighted by atomic mass is 79.9. The van der Waals surface area contributed by atoms with Crippen LogP contribution < -0.4 is 35.9 Å². The number of piperidine rings is 1. The van der Waals surface area contributed by atoms with Crippen LogP contribution in [-0.2, 0) is 15.1 Å². The Morgan fingerprint density at radius 3 is 1.59 bits per heavy atom. The number of methoxy groups -OCH3 is 4. The largest absolute Gasteiger partial charge is 1.00 e. The van der Waals surface area contributed by atoms with Crippen LogP contribution in [0.4, 0.5) is 0 Å². The summed E-state index contributed by atoms with van der Waals surface area (Å²) in [5, 5.41) is 12.1. The molecule has 206 valence electrons. The molecule has 2 aliphatic rings. The Morgan fingerprint density at radius 2 is 1.22 bits per heavy atom. The van der Waals surface area contributed by atoms with E-state index in [9.17, 15) is 9.90 Å². The lowest BCUT2D eigenvalue weighted by Crippen LogP contribution is -3.00. The molecule has 0 radical (unpaired) electrons. The number of aliphatic hydroxyl groups is 1. The Bertz CT molecular complexity index is 1020. The van der Waals surface area contributed by atoms with Crippen LogP contribution in [0.2, 0.25) is 0 Å². The summed E-state index contributed by atoms with van der Waals surface area (Å²) in [6, 6.07) is 10.7. The van der Waals surface area contributed by atoms with E-state index in [1.807, 2.05) is 0 Å². The number of ether oxygens (including phenoxy) is 5. The maximum atomic E-state index is 13.8. The fourth-order valence-electron chi connectivity index (χ4n) is 5.69. The van der Waals surface area contributed by atoms with Gasteiger partial charge in [-0.25, -0.2) is 4.79 Å². The van der Waals surface area contributed by atoms with Crippen molar-refractivity contribution in [3.63, 3.8) is 0 Å². The van der Waals surface area contributed by atoms with E-state index in [1.54, 1.807) is 36.4 Å². The predicted molar refractivity (Wildman–Crippen MR) is 137 cm³/mol. The Labute approximate surface area is 230 Å². The van der Waals surface area contributed by atoms with Crippen LogP contribution in [0, 0.1) is 0 Å². The minimum atomic E-state index is -2.10. The third-order valence-electron chi connectivity index (χ3n) is 7.96. The zero-order valence-electron chi connectivity index (χ0n) is 21.7. The third kappa shape index (κ3) is 5.40. The summed E-state index contributed by atoms with van der Waals surface area (Å²) >= 11 is 0. The van der Waals surface area contributed by atoms with Gasteiger partial charge in [0.15, 0.2) is 23.0 Å². The SMILES string of the molecule is C.COc1ccc(C(O)(C(=O)OC2CC3CC[C@H](C2)[N+]3(C)C)c2ccc(OC)c(OC)c2)cc1OC.[Br-]. The van der Waals surface area contributed by atoms with E-state index in [4.69, 9.17) is 23.7 Å². The number of quaternary nitrogens is 1. The van der Waals surface area contributed by atoms with Crippen LogP contribution in [-0.4, -0.2) is 76.3 Å². The van der Waals surface area contributed by atoms with Gasteiger partial charge in [0.25, 0.3) is 0 Å². The van der Waals surface area contributed by atoms with Crippen molar-refractivity contribution in [2.45, 2.75) is 56.9 Å². The number of benzene rings is 2. The van der Waals surface area contributed by atoms with Gasteiger partial charge >= 0.3 is 5.97 Å². The number of esters is 1. The predicted octanol–water partition coefficient (Wildman–Crippen LogP) is 0.910. The fraction of sp³-hybridized carbons (Fsp3) is 0.536. The van der Waals surface area contributed by atoms with E-state index in [0.29, 0.717) is 46.2 Å². The number of carbonyl (C=O) groups excluding carboxylic acids is 1. The highest BCUT2D eigenvalue weighted by molar-refractivity contribution is 5.86. The third-order valence-corrected chi connectivity index (χ3v) is 7.96. The maximum Gasteiger partial charge on any atom is 0.347 e. The zero-order valence-corrected chi connectivity index (χ0v) is 23.3. The molecule has 2 aromatic carbocycles. The first kappa shape index (κ1) is 30.7. The molecule has 0 amide bonds. The molecule has 4 rings (SSSR count). The molecule has 37 heavy (non-hydrogen) atoms. The van der Waals surface area contributed by atoms with Crippen LogP contribution in [0.15, 0.2) is 36.4 Å². The molecule has 2 aromatic rings. The van der Waals surface area contributed by atoms with Gasteiger partial charge in [0, 0.05) is 36.8 Å². The summed E-state index contributed by atoms with van der Waals surface area (Å²) in [4.78, 5) is 13.8. The topological polar surface area (TPSA) is 83.5 Å². The number of hydrogen-bond acceptors (Lipinski definition) is 7. The van der Waals surface area contributed by atoms with Crippen molar-refractivity contribution >= 4 is 5.97 Å². The smallest absolute Gasteiger partial charge is 0.347 e. The molecule has 0 aliphatic carbocycles. The van der Waals surface area contributed by atoms with E-state index in [2.05, 4.69) is 14.1 Å². The standard InChI is InChI=1S/C27H36NO7.CH4.BrH/c1-28(2)19-9-10-20(28)16-21(15-19)35-26(29)27(30,17-7-11-22(31-3)24(13-17)33-5)18-8-12-23(32-4)25(14-18)34-6;;/h7-8,11-14,19-21,30H,9-10,15-16H2,1-6H3;1H4;1H/q+1;;/p-1/t19-,20?,21?;;/m1../s1. The van der Waals surface area contributed by atoms with Gasteiger partial charge in [-0.05, 0) is 24.3 Å². The van der Waals surface area contributed by atoms with Crippen LogP contribution >= 0.6 is 0 Å². The molecule has 9 heteroatoms. The normalized spacial score (nSPS) is 21.6. The van der Waals surface area contributed by atoms with Crippen molar-refractivity contribution in [1.82, 2.24) is 0 Å². The summed E-state index contributed by atoms with van der Waals surface area (Å²) in [5.41, 5.74) is -1.48. The molecular weight excluding hydrogens is 542 g/mol. The molecule has 0 saturated carbocycles. The van der Waals surface area contributed by atoms with Crippen molar-refractivity contribution in [3.05, 3.63) is 47.5 Å². The van der Waals surface area contributed by atoms with Gasteiger partial charge in [0.05, 0.1) is 54.6 Å². The molecule has 0 aromatic heterocycles. The van der Waals surface area contributed by atoms with Crippen LogP contribution in [0.5, 0.6) is 23.0 Å². The van der Waals surface area contributed by atoms with Crippen LogP contribution in [0.25, 0.3) is 0 Å². The Balaban J connectivity index is 0.00000241. The number of hydrogen-bond donors (Lipinski definition) is 1. The number of carbonyl (C=O) groups is 1. The Hall–Kier alpha value is -2.49. The maximum absolute atomic E-state index is 13.8. The molecule has 2 fully saturated rings.